The van der Waals surface area contributed by atoms with Gasteiger partial charge in [0.05, 0.1) is 11.4 Å². The van der Waals surface area contributed by atoms with E-state index in [2.05, 4.69) is 10.0 Å². The van der Waals surface area contributed by atoms with Crippen LogP contribution in [-0.2, 0) is 34.1 Å². The molecule has 2 aromatic carbocycles. The Balaban J connectivity index is 1.50. The topological polar surface area (TPSA) is 75.3 Å². The molecule has 3 rings (SSSR count). The van der Waals surface area contributed by atoms with E-state index in [-0.39, 0.29) is 17.3 Å². The van der Waals surface area contributed by atoms with Crippen molar-refractivity contribution in [3.63, 3.8) is 0 Å². The highest BCUT2D eigenvalue weighted by Crippen LogP contribution is 2.23. The third-order valence-corrected chi connectivity index (χ3v) is 6.03. The van der Waals surface area contributed by atoms with E-state index < -0.39 is 10.0 Å². The third-order valence-electron chi connectivity index (χ3n) is 4.63. The molecule has 0 spiro atoms. The van der Waals surface area contributed by atoms with E-state index in [9.17, 15) is 13.2 Å². The van der Waals surface area contributed by atoms with Crippen molar-refractivity contribution in [2.24, 2.45) is 0 Å². The van der Waals surface area contributed by atoms with Crippen LogP contribution in [0.2, 0.25) is 0 Å². The molecule has 0 saturated carbocycles. The summed E-state index contributed by atoms with van der Waals surface area (Å²) >= 11 is 0. The molecule has 0 unspecified atom stereocenters. The second-order valence-corrected chi connectivity index (χ2v) is 8.31. The van der Waals surface area contributed by atoms with Gasteiger partial charge < -0.3 is 5.32 Å². The van der Waals surface area contributed by atoms with Gasteiger partial charge in [-0.2, -0.15) is 0 Å². The molecule has 0 radical (unpaired) electrons. The number of benzene rings is 2. The molecule has 0 heterocycles. The van der Waals surface area contributed by atoms with Crippen molar-refractivity contribution in [3.05, 3.63) is 65.2 Å². The SMILES string of the molecule is O=C(CNS(=O)(=O)c1ccc2c(c1)CCCC2)NCCc1ccccc1. The van der Waals surface area contributed by atoms with Crippen LogP contribution in [0.3, 0.4) is 0 Å². The minimum Gasteiger partial charge on any atom is -0.355 e. The Morgan fingerprint density at radius 1 is 0.962 bits per heavy atom. The Morgan fingerprint density at radius 2 is 1.69 bits per heavy atom. The Kier molecular flexibility index (Phi) is 6.06. The molecule has 138 valence electrons. The maximum absolute atomic E-state index is 12.4. The number of hydrogen-bond acceptors (Lipinski definition) is 3. The molecule has 0 aromatic heterocycles. The fraction of sp³-hybridized carbons (Fsp3) is 0.350. The zero-order valence-corrected chi connectivity index (χ0v) is 15.5. The van der Waals surface area contributed by atoms with E-state index in [0.717, 1.165) is 36.8 Å². The van der Waals surface area contributed by atoms with Crippen molar-refractivity contribution in [2.75, 3.05) is 13.1 Å². The van der Waals surface area contributed by atoms with Crippen molar-refractivity contribution in [2.45, 2.75) is 37.0 Å². The lowest BCUT2D eigenvalue weighted by Crippen LogP contribution is -2.37. The zero-order valence-electron chi connectivity index (χ0n) is 14.7. The number of hydrogen-bond donors (Lipinski definition) is 2. The number of rotatable bonds is 7. The summed E-state index contributed by atoms with van der Waals surface area (Å²) in [5.74, 6) is -0.331. The first-order valence-electron chi connectivity index (χ1n) is 8.97. The lowest BCUT2D eigenvalue weighted by Gasteiger charge is -2.16. The standard InChI is InChI=1S/C20H24N2O3S/c23-20(21-13-12-16-6-2-1-3-7-16)15-22-26(24,25)19-11-10-17-8-4-5-9-18(17)14-19/h1-3,6-7,10-11,14,22H,4-5,8-9,12-13,15H2,(H,21,23). The molecule has 0 saturated heterocycles. The van der Waals surface area contributed by atoms with Crippen molar-refractivity contribution < 1.29 is 13.2 Å². The first-order chi connectivity index (χ1) is 12.5. The minimum absolute atomic E-state index is 0.232. The lowest BCUT2D eigenvalue weighted by atomic mass is 9.92. The average molecular weight is 372 g/mol. The molecule has 0 atom stereocenters. The normalized spacial score (nSPS) is 13.8. The van der Waals surface area contributed by atoms with Gasteiger partial charge in [0.1, 0.15) is 0 Å². The van der Waals surface area contributed by atoms with Gasteiger partial charge in [0, 0.05) is 6.54 Å². The quantitative estimate of drug-likeness (QED) is 0.782. The van der Waals surface area contributed by atoms with Gasteiger partial charge >= 0.3 is 0 Å². The van der Waals surface area contributed by atoms with Gasteiger partial charge in [-0.3, -0.25) is 4.79 Å². The van der Waals surface area contributed by atoms with Gasteiger partial charge in [-0.05, 0) is 60.9 Å². The van der Waals surface area contributed by atoms with Crippen LogP contribution in [0.15, 0.2) is 53.4 Å². The molecule has 0 bridgehead atoms. The molecular weight excluding hydrogens is 348 g/mol. The van der Waals surface area contributed by atoms with E-state index in [0.29, 0.717) is 13.0 Å². The maximum atomic E-state index is 12.4. The molecule has 2 N–H and O–H groups in total. The van der Waals surface area contributed by atoms with Crippen LogP contribution in [0.25, 0.3) is 0 Å². The van der Waals surface area contributed by atoms with E-state index in [1.54, 1.807) is 12.1 Å². The second-order valence-electron chi connectivity index (χ2n) is 6.55. The van der Waals surface area contributed by atoms with Crippen LogP contribution in [0, 0.1) is 0 Å². The summed E-state index contributed by atoms with van der Waals surface area (Å²) in [6.45, 7) is 0.220. The zero-order chi connectivity index (χ0) is 18.4. The number of nitrogens with one attached hydrogen (secondary N) is 2. The van der Waals surface area contributed by atoms with Gasteiger partial charge in [0.2, 0.25) is 15.9 Å². The van der Waals surface area contributed by atoms with Gasteiger partial charge in [-0.1, -0.05) is 36.4 Å². The van der Waals surface area contributed by atoms with Crippen molar-refractivity contribution in [1.82, 2.24) is 10.0 Å². The number of carbonyl (C=O) groups is 1. The van der Waals surface area contributed by atoms with Crippen LogP contribution < -0.4 is 10.0 Å². The second kappa shape index (κ2) is 8.47. The number of carbonyl (C=O) groups excluding carboxylic acids is 1. The average Bonchev–Trinajstić information content (AvgIpc) is 2.67. The van der Waals surface area contributed by atoms with Gasteiger partial charge in [0.25, 0.3) is 0 Å². The highest BCUT2D eigenvalue weighted by molar-refractivity contribution is 7.89. The van der Waals surface area contributed by atoms with Crippen LogP contribution in [0.4, 0.5) is 0 Å². The molecule has 1 amide bonds. The van der Waals surface area contributed by atoms with E-state index in [1.807, 2.05) is 36.4 Å². The summed E-state index contributed by atoms with van der Waals surface area (Å²) in [4.78, 5) is 12.1. The summed E-state index contributed by atoms with van der Waals surface area (Å²) in [5, 5.41) is 2.74. The van der Waals surface area contributed by atoms with E-state index in [1.165, 1.54) is 5.56 Å². The smallest absolute Gasteiger partial charge is 0.241 e. The summed E-state index contributed by atoms with van der Waals surface area (Å²) in [6.07, 6.45) is 4.88. The first kappa shape index (κ1) is 18.6. The van der Waals surface area contributed by atoms with E-state index in [4.69, 9.17) is 0 Å². The van der Waals surface area contributed by atoms with Crippen molar-refractivity contribution in [3.8, 4) is 0 Å². The Hall–Kier alpha value is -2.18. The highest BCUT2D eigenvalue weighted by atomic mass is 32.2. The first-order valence-corrected chi connectivity index (χ1v) is 10.4. The number of sulfonamides is 1. The summed E-state index contributed by atoms with van der Waals surface area (Å²) < 4.78 is 27.2. The monoisotopic (exact) mass is 372 g/mol. The Bertz CT molecular complexity index is 864. The number of amides is 1. The van der Waals surface area contributed by atoms with E-state index >= 15 is 0 Å². The summed E-state index contributed by atoms with van der Waals surface area (Å²) in [5.41, 5.74) is 3.46. The third kappa shape index (κ3) is 4.93. The van der Waals surface area contributed by atoms with Crippen LogP contribution in [0.5, 0.6) is 0 Å². The lowest BCUT2D eigenvalue weighted by molar-refractivity contribution is -0.119. The van der Waals surface area contributed by atoms with Crippen molar-refractivity contribution >= 4 is 15.9 Å². The Labute approximate surface area is 154 Å². The molecule has 5 nitrogen and oxygen atoms in total. The predicted octanol–water partition coefficient (Wildman–Crippen LogP) is 2.20. The van der Waals surface area contributed by atoms with Gasteiger partial charge in [-0.15, -0.1) is 0 Å². The fourth-order valence-electron chi connectivity index (χ4n) is 3.17. The predicted molar refractivity (Wildman–Crippen MR) is 101 cm³/mol. The molecule has 6 heteroatoms. The molecule has 1 aliphatic carbocycles. The molecular formula is C20H24N2O3S. The molecule has 0 aliphatic heterocycles. The molecule has 2 aromatic rings. The van der Waals surface area contributed by atoms with Crippen molar-refractivity contribution in [1.29, 1.82) is 0 Å². The largest absolute Gasteiger partial charge is 0.355 e. The van der Waals surface area contributed by atoms with Gasteiger partial charge in [0.15, 0.2) is 0 Å². The highest BCUT2D eigenvalue weighted by Gasteiger charge is 2.18. The molecule has 1 aliphatic rings. The number of fused-ring (bicyclic) bond motifs is 1. The Morgan fingerprint density at radius 3 is 2.46 bits per heavy atom. The van der Waals surface area contributed by atoms with Crippen LogP contribution >= 0.6 is 0 Å². The maximum Gasteiger partial charge on any atom is 0.241 e. The summed E-state index contributed by atoms with van der Waals surface area (Å²) in [6, 6.07) is 15.1. The molecule has 26 heavy (non-hydrogen) atoms. The van der Waals surface area contributed by atoms with Crippen LogP contribution in [0.1, 0.15) is 29.5 Å². The fourth-order valence-corrected chi connectivity index (χ4v) is 4.21. The summed E-state index contributed by atoms with van der Waals surface area (Å²) in [7, 11) is -3.68. The minimum atomic E-state index is -3.68. The number of aryl methyl sites for hydroxylation is 2. The van der Waals surface area contributed by atoms with Crippen LogP contribution in [-0.4, -0.2) is 27.4 Å². The molecule has 0 fully saturated rings. The van der Waals surface area contributed by atoms with Gasteiger partial charge in [-0.25, -0.2) is 13.1 Å².